The van der Waals surface area contributed by atoms with Crippen LogP contribution in [0.2, 0.25) is 10.0 Å². The van der Waals surface area contributed by atoms with Gasteiger partial charge in [0, 0.05) is 28.7 Å². The average Bonchev–Trinajstić information content (AvgIpc) is 3.17. The molecule has 1 aliphatic heterocycles. The lowest BCUT2D eigenvalue weighted by Crippen LogP contribution is -2.31. The smallest absolute Gasteiger partial charge is 0.266 e. The standard InChI is InChI=1S/C25H13Cl2F5N2O3S2/c26-12-2-1-11(15(27)10-12)9-16-24(36)34(25(38)39-16)8-7-17(35)33-13-3-5-14(6-4-13)37-23-21(31)19(29)18(28)20(30)22(23)32/h1-6,9-10H,7-8H2,(H,33,35)/b16-9+. The number of hydrogen-bond donors (Lipinski definition) is 1. The first kappa shape index (κ1) is 28.8. The molecular weight excluding hydrogens is 606 g/mol. The molecule has 1 heterocycles. The Kier molecular flexibility index (Phi) is 8.80. The first-order valence-corrected chi connectivity index (χ1v) is 12.7. The topological polar surface area (TPSA) is 58.6 Å². The molecule has 3 aromatic rings. The van der Waals surface area contributed by atoms with Crippen LogP contribution in [0.4, 0.5) is 27.6 Å². The summed E-state index contributed by atoms with van der Waals surface area (Å²) in [6, 6.07) is 9.71. The predicted octanol–water partition coefficient (Wildman–Crippen LogP) is 7.71. The summed E-state index contributed by atoms with van der Waals surface area (Å²) >= 11 is 18.4. The summed E-state index contributed by atoms with van der Waals surface area (Å²) < 4.78 is 72.6. The van der Waals surface area contributed by atoms with Gasteiger partial charge in [0.15, 0.2) is 0 Å². The number of nitrogens with zero attached hydrogens (tertiary/aromatic N) is 1. The van der Waals surface area contributed by atoms with E-state index in [1.54, 1.807) is 18.2 Å². The molecule has 14 heteroatoms. The lowest BCUT2D eigenvalue weighted by atomic mass is 10.2. The summed E-state index contributed by atoms with van der Waals surface area (Å²) in [7, 11) is 0. The van der Waals surface area contributed by atoms with Crippen LogP contribution >= 0.6 is 47.2 Å². The highest BCUT2D eigenvalue weighted by Gasteiger charge is 2.32. The fourth-order valence-corrected chi connectivity index (χ4v) is 5.05. The summed E-state index contributed by atoms with van der Waals surface area (Å²) in [6.07, 6.45) is 1.46. The largest absolute Gasteiger partial charge is 0.451 e. The van der Waals surface area contributed by atoms with Crippen LogP contribution < -0.4 is 10.1 Å². The maximum absolute atomic E-state index is 13.8. The van der Waals surface area contributed by atoms with Crippen molar-refractivity contribution in [3.63, 3.8) is 0 Å². The number of benzene rings is 3. The van der Waals surface area contributed by atoms with Gasteiger partial charge in [-0.1, -0.05) is 53.2 Å². The molecule has 39 heavy (non-hydrogen) atoms. The van der Waals surface area contributed by atoms with Gasteiger partial charge in [-0.2, -0.15) is 8.78 Å². The van der Waals surface area contributed by atoms with Crippen LogP contribution in [-0.4, -0.2) is 27.6 Å². The van der Waals surface area contributed by atoms with Crippen molar-refractivity contribution < 1.29 is 36.3 Å². The highest BCUT2D eigenvalue weighted by molar-refractivity contribution is 8.26. The Morgan fingerprint density at radius 3 is 2.21 bits per heavy atom. The number of halogens is 7. The first-order valence-electron chi connectivity index (χ1n) is 10.8. The molecule has 0 atom stereocenters. The molecule has 0 saturated carbocycles. The summed E-state index contributed by atoms with van der Waals surface area (Å²) in [4.78, 5) is 26.8. The lowest BCUT2D eigenvalue weighted by Gasteiger charge is -2.14. The van der Waals surface area contributed by atoms with Gasteiger partial charge >= 0.3 is 0 Å². The Balaban J connectivity index is 1.35. The molecule has 0 aromatic heterocycles. The summed E-state index contributed by atoms with van der Waals surface area (Å²) in [5, 5.41) is 3.36. The molecule has 1 saturated heterocycles. The second-order valence-electron chi connectivity index (χ2n) is 7.82. The molecule has 0 unspecified atom stereocenters. The lowest BCUT2D eigenvalue weighted by molar-refractivity contribution is -0.122. The number of thiocarbonyl (C=S) groups is 1. The Labute approximate surface area is 237 Å². The van der Waals surface area contributed by atoms with Gasteiger partial charge in [0.05, 0.1) is 4.91 Å². The monoisotopic (exact) mass is 618 g/mol. The van der Waals surface area contributed by atoms with E-state index in [-0.39, 0.29) is 28.7 Å². The number of thioether (sulfide) groups is 1. The third kappa shape index (κ3) is 6.35. The van der Waals surface area contributed by atoms with Gasteiger partial charge in [-0.3, -0.25) is 14.5 Å². The summed E-state index contributed by atoms with van der Waals surface area (Å²) in [5.41, 5.74) is 0.819. The highest BCUT2D eigenvalue weighted by Crippen LogP contribution is 2.35. The molecule has 1 fully saturated rings. The number of nitrogens with one attached hydrogen (secondary N) is 1. The second-order valence-corrected chi connectivity index (χ2v) is 10.3. The molecule has 0 aliphatic carbocycles. The van der Waals surface area contributed by atoms with Crippen molar-refractivity contribution >= 4 is 75.1 Å². The van der Waals surface area contributed by atoms with E-state index in [0.29, 0.717) is 20.5 Å². The zero-order chi connectivity index (χ0) is 28.4. The van der Waals surface area contributed by atoms with Crippen molar-refractivity contribution in [1.29, 1.82) is 0 Å². The third-order valence-electron chi connectivity index (χ3n) is 5.21. The zero-order valence-electron chi connectivity index (χ0n) is 19.2. The molecular formula is C25H13Cl2F5N2O3S2. The van der Waals surface area contributed by atoms with Crippen molar-refractivity contribution in [1.82, 2.24) is 4.90 Å². The van der Waals surface area contributed by atoms with E-state index in [0.717, 1.165) is 23.9 Å². The number of anilines is 1. The SMILES string of the molecule is O=C(CCN1C(=O)/C(=C\c2ccc(Cl)cc2Cl)SC1=S)Nc1ccc(Oc2c(F)c(F)c(F)c(F)c2F)cc1. The molecule has 0 bridgehead atoms. The summed E-state index contributed by atoms with van der Waals surface area (Å²) in [6.45, 7) is -0.0103. The van der Waals surface area contributed by atoms with E-state index < -0.39 is 46.6 Å². The van der Waals surface area contributed by atoms with E-state index in [1.165, 1.54) is 23.1 Å². The molecule has 0 spiro atoms. The van der Waals surface area contributed by atoms with Crippen LogP contribution in [0.5, 0.6) is 11.5 Å². The maximum Gasteiger partial charge on any atom is 0.266 e. The van der Waals surface area contributed by atoms with Gasteiger partial charge < -0.3 is 10.1 Å². The Bertz CT molecular complexity index is 1510. The van der Waals surface area contributed by atoms with E-state index >= 15 is 0 Å². The minimum Gasteiger partial charge on any atom is -0.451 e. The minimum atomic E-state index is -2.30. The van der Waals surface area contributed by atoms with Gasteiger partial charge in [-0.25, -0.2) is 13.2 Å². The van der Waals surface area contributed by atoms with Gasteiger partial charge in [0.2, 0.25) is 40.7 Å². The number of ether oxygens (including phenoxy) is 1. The fraction of sp³-hybridized carbons (Fsp3) is 0.0800. The zero-order valence-corrected chi connectivity index (χ0v) is 22.3. The van der Waals surface area contributed by atoms with Crippen molar-refractivity contribution in [3.05, 3.63) is 92.1 Å². The third-order valence-corrected chi connectivity index (χ3v) is 7.15. The molecule has 5 nitrogen and oxygen atoms in total. The van der Waals surface area contributed by atoms with Crippen LogP contribution in [0.1, 0.15) is 12.0 Å². The van der Waals surface area contributed by atoms with E-state index in [4.69, 9.17) is 40.2 Å². The molecule has 1 aliphatic rings. The Morgan fingerprint density at radius 1 is 0.974 bits per heavy atom. The highest BCUT2D eigenvalue weighted by atomic mass is 35.5. The van der Waals surface area contributed by atoms with Crippen molar-refractivity contribution in [2.24, 2.45) is 0 Å². The van der Waals surface area contributed by atoms with Gasteiger partial charge in [-0.15, -0.1) is 0 Å². The quantitative estimate of drug-likeness (QED) is 0.0966. The molecule has 202 valence electrons. The average molecular weight is 619 g/mol. The van der Waals surface area contributed by atoms with Gasteiger partial charge in [0.1, 0.15) is 10.1 Å². The first-order chi connectivity index (χ1) is 18.5. The molecule has 1 N–H and O–H groups in total. The van der Waals surface area contributed by atoms with Crippen molar-refractivity contribution in [3.8, 4) is 11.5 Å². The predicted molar refractivity (Wildman–Crippen MR) is 142 cm³/mol. The van der Waals surface area contributed by atoms with Crippen LogP contribution in [0.3, 0.4) is 0 Å². The Morgan fingerprint density at radius 2 is 1.59 bits per heavy atom. The number of amides is 2. The van der Waals surface area contributed by atoms with E-state index in [1.807, 2.05) is 0 Å². The normalized spacial score (nSPS) is 14.3. The number of carbonyl (C=O) groups is 2. The van der Waals surface area contributed by atoms with Crippen LogP contribution in [0, 0.1) is 29.1 Å². The Hall–Kier alpha value is -3.19. The molecule has 2 amide bonds. The molecule has 4 rings (SSSR count). The van der Waals surface area contributed by atoms with Crippen LogP contribution in [0.15, 0.2) is 47.4 Å². The van der Waals surface area contributed by atoms with E-state index in [9.17, 15) is 31.5 Å². The molecule has 0 radical (unpaired) electrons. The van der Waals surface area contributed by atoms with Crippen molar-refractivity contribution in [2.45, 2.75) is 6.42 Å². The summed E-state index contributed by atoms with van der Waals surface area (Å²) in [5.74, 6) is -13.4. The fourth-order valence-electron chi connectivity index (χ4n) is 3.29. The van der Waals surface area contributed by atoms with Crippen LogP contribution in [-0.2, 0) is 9.59 Å². The number of carbonyl (C=O) groups excluding carboxylic acids is 2. The van der Waals surface area contributed by atoms with Gasteiger partial charge in [-0.05, 0) is 48.0 Å². The molecule has 3 aromatic carbocycles. The maximum atomic E-state index is 13.8. The second kappa shape index (κ2) is 11.9. The minimum absolute atomic E-state index is 0.0103. The van der Waals surface area contributed by atoms with E-state index in [2.05, 4.69) is 5.32 Å². The van der Waals surface area contributed by atoms with Crippen LogP contribution in [0.25, 0.3) is 6.08 Å². The van der Waals surface area contributed by atoms with Gasteiger partial charge in [0.25, 0.3) is 5.91 Å². The van der Waals surface area contributed by atoms with Crippen molar-refractivity contribution in [2.75, 3.05) is 11.9 Å². The number of hydrogen-bond acceptors (Lipinski definition) is 5. The number of rotatable bonds is 7.